The van der Waals surface area contributed by atoms with Gasteiger partial charge in [0.25, 0.3) is 5.91 Å². The average Bonchev–Trinajstić information content (AvgIpc) is 2.69. The van der Waals surface area contributed by atoms with Crippen molar-refractivity contribution in [3.05, 3.63) is 29.8 Å². The first-order valence-electron chi connectivity index (χ1n) is 9.39. The lowest BCUT2D eigenvalue weighted by Gasteiger charge is -2.27. The largest absolute Gasteiger partial charge is 0.351 e. The molecule has 3 rings (SSSR count). The molecule has 26 heavy (non-hydrogen) atoms. The molecule has 0 unspecified atom stereocenters. The fraction of sp³-hybridized carbons (Fsp3) is 0.611. The molecule has 2 fully saturated rings. The number of piperazine rings is 1. The molecule has 0 bridgehead atoms. The van der Waals surface area contributed by atoms with Crippen LogP contribution in [0.15, 0.2) is 29.2 Å². The molecular weight excluding hydrogens is 352 g/mol. The van der Waals surface area contributed by atoms with E-state index in [9.17, 15) is 13.2 Å². The Hall–Kier alpha value is -1.48. The van der Waals surface area contributed by atoms with Gasteiger partial charge in [0, 0.05) is 52.4 Å². The Balaban J connectivity index is 1.66. The van der Waals surface area contributed by atoms with Crippen LogP contribution in [0.4, 0.5) is 0 Å². The van der Waals surface area contributed by atoms with Crippen LogP contribution >= 0.6 is 0 Å². The topological polar surface area (TPSA) is 81.8 Å². The first-order valence-corrected chi connectivity index (χ1v) is 10.8. The second-order valence-corrected chi connectivity index (χ2v) is 8.71. The summed E-state index contributed by atoms with van der Waals surface area (Å²) in [6.45, 7) is 6.20. The fourth-order valence-corrected chi connectivity index (χ4v) is 5.19. The molecule has 0 atom stereocenters. The monoisotopic (exact) mass is 380 g/mol. The van der Waals surface area contributed by atoms with E-state index in [0.717, 1.165) is 52.0 Å². The smallest absolute Gasteiger partial charge is 0.252 e. The number of rotatable bonds is 6. The maximum absolute atomic E-state index is 13.0. The van der Waals surface area contributed by atoms with Crippen molar-refractivity contribution in [1.29, 1.82) is 0 Å². The van der Waals surface area contributed by atoms with Crippen LogP contribution in [0.2, 0.25) is 0 Å². The minimum absolute atomic E-state index is 0.113. The van der Waals surface area contributed by atoms with E-state index in [1.165, 1.54) is 10.4 Å². The molecule has 144 valence electrons. The Morgan fingerprint density at radius 2 is 1.73 bits per heavy atom. The Morgan fingerprint density at radius 1 is 1.04 bits per heavy atom. The molecule has 0 spiro atoms. The van der Waals surface area contributed by atoms with Crippen molar-refractivity contribution < 1.29 is 13.2 Å². The molecule has 2 aliphatic heterocycles. The van der Waals surface area contributed by atoms with Gasteiger partial charge in [-0.05, 0) is 25.0 Å². The first-order chi connectivity index (χ1) is 12.6. The van der Waals surface area contributed by atoms with Gasteiger partial charge < -0.3 is 10.6 Å². The van der Waals surface area contributed by atoms with Crippen LogP contribution in [0.1, 0.15) is 29.6 Å². The summed E-state index contributed by atoms with van der Waals surface area (Å²) in [6, 6.07) is 6.51. The molecule has 0 saturated carbocycles. The third-order valence-electron chi connectivity index (χ3n) is 4.99. The van der Waals surface area contributed by atoms with Crippen LogP contribution in [0, 0.1) is 0 Å². The Kier molecular flexibility index (Phi) is 6.63. The zero-order chi connectivity index (χ0) is 18.4. The van der Waals surface area contributed by atoms with Gasteiger partial charge in [-0.25, -0.2) is 8.42 Å². The molecule has 1 aromatic carbocycles. The van der Waals surface area contributed by atoms with E-state index in [4.69, 9.17) is 0 Å². The highest BCUT2D eigenvalue weighted by atomic mass is 32.2. The molecule has 0 radical (unpaired) electrons. The number of carbonyl (C=O) groups excluding carboxylic acids is 1. The van der Waals surface area contributed by atoms with Crippen molar-refractivity contribution in [3.8, 4) is 0 Å². The molecular formula is C18H28N4O3S. The SMILES string of the molecule is O=C(NCCN1CCNCC1)c1ccccc1S(=O)(=O)N1CCCCC1. The van der Waals surface area contributed by atoms with Crippen molar-refractivity contribution in [2.75, 3.05) is 52.4 Å². The summed E-state index contributed by atoms with van der Waals surface area (Å²) in [5.74, 6) is -0.323. The van der Waals surface area contributed by atoms with Crippen molar-refractivity contribution in [1.82, 2.24) is 19.8 Å². The van der Waals surface area contributed by atoms with Gasteiger partial charge in [-0.15, -0.1) is 0 Å². The molecule has 7 nitrogen and oxygen atoms in total. The summed E-state index contributed by atoms with van der Waals surface area (Å²) in [5, 5.41) is 6.17. The number of piperidine rings is 1. The lowest BCUT2D eigenvalue weighted by molar-refractivity contribution is 0.0943. The molecule has 1 amide bonds. The molecule has 2 heterocycles. The van der Waals surface area contributed by atoms with Crippen molar-refractivity contribution in [3.63, 3.8) is 0 Å². The molecule has 2 saturated heterocycles. The zero-order valence-electron chi connectivity index (χ0n) is 15.1. The molecule has 8 heteroatoms. The van der Waals surface area contributed by atoms with E-state index in [1.54, 1.807) is 18.2 Å². The molecule has 0 aliphatic carbocycles. The number of benzene rings is 1. The summed E-state index contributed by atoms with van der Waals surface area (Å²) in [7, 11) is -3.63. The van der Waals surface area contributed by atoms with Gasteiger partial charge in [0.2, 0.25) is 10.0 Å². The van der Waals surface area contributed by atoms with Gasteiger partial charge in [0.15, 0.2) is 0 Å². The van der Waals surface area contributed by atoms with Crippen LogP contribution < -0.4 is 10.6 Å². The van der Waals surface area contributed by atoms with Gasteiger partial charge in [0.1, 0.15) is 0 Å². The maximum atomic E-state index is 13.0. The van der Waals surface area contributed by atoms with Crippen molar-refractivity contribution >= 4 is 15.9 Å². The number of hydrogen-bond donors (Lipinski definition) is 2. The quantitative estimate of drug-likeness (QED) is 0.751. The minimum Gasteiger partial charge on any atom is -0.351 e. The van der Waals surface area contributed by atoms with E-state index in [2.05, 4.69) is 15.5 Å². The van der Waals surface area contributed by atoms with E-state index < -0.39 is 10.0 Å². The van der Waals surface area contributed by atoms with Gasteiger partial charge in [-0.2, -0.15) is 4.31 Å². The summed E-state index contributed by atoms with van der Waals surface area (Å²) in [5.41, 5.74) is 0.235. The van der Waals surface area contributed by atoms with Crippen molar-refractivity contribution in [2.24, 2.45) is 0 Å². The number of sulfonamides is 1. The number of nitrogens with one attached hydrogen (secondary N) is 2. The normalized spacial score (nSPS) is 20.0. The first kappa shape index (κ1) is 19.3. The Bertz CT molecular complexity index is 711. The second-order valence-electron chi connectivity index (χ2n) is 6.81. The van der Waals surface area contributed by atoms with E-state index >= 15 is 0 Å². The van der Waals surface area contributed by atoms with Crippen LogP contribution in [-0.4, -0.2) is 75.9 Å². The Morgan fingerprint density at radius 3 is 2.46 bits per heavy atom. The molecule has 0 aromatic heterocycles. The molecule has 2 aliphatic rings. The lowest BCUT2D eigenvalue weighted by Crippen LogP contribution is -2.46. The average molecular weight is 381 g/mol. The summed E-state index contributed by atoms with van der Waals surface area (Å²) in [4.78, 5) is 15.0. The third kappa shape index (κ3) is 4.62. The highest BCUT2D eigenvalue weighted by Gasteiger charge is 2.29. The van der Waals surface area contributed by atoms with Crippen LogP contribution in [-0.2, 0) is 10.0 Å². The summed E-state index contributed by atoms with van der Waals surface area (Å²) < 4.78 is 27.4. The maximum Gasteiger partial charge on any atom is 0.252 e. The number of amides is 1. The predicted octanol–water partition coefficient (Wildman–Crippen LogP) is 0.496. The fourth-order valence-electron chi connectivity index (χ4n) is 3.48. The van der Waals surface area contributed by atoms with E-state index in [-0.39, 0.29) is 16.4 Å². The molecule has 1 aromatic rings. The van der Waals surface area contributed by atoms with Crippen LogP contribution in [0.3, 0.4) is 0 Å². The van der Waals surface area contributed by atoms with Gasteiger partial charge >= 0.3 is 0 Å². The summed E-state index contributed by atoms with van der Waals surface area (Å²) >= 11 is 0. The number of nitrogens with zero attached hydrogens (tertiary/aromatic N) is 2. The highest BCUT2D eigenvalue weighted by Crippen LogP contribution is 2.23. The van der Waals surface area contributed by atoms with Crippen LogP contribution in [0.25, 0.3) is 0 Å². The second kappa shape index (κ2) is 8.94. The van der Waals surface area contributed by atoms with E-state index in [1.807, 2.05) is 0 Å². The van der Waals surface area contributed by atoms with Crippen LogP contribution in [0.5, 0.6) is 0 Å². The molecule has 2 N–H and O–H groups in total. The Labute approximate surface area is 155 Å². The predicted molar refractivity (Wildman–Crippen MR) is 101 cm³/mol. The van der Waals surface area contributed by atoms with Gasteiger partial charge in [-0.1, -0.05) is 18.6 Å². The minimum atomic E-state index is -3.63. The van der Waals surface area contributed by atoms with Gasteiger partial charge in [0.05, 0.1) is 10.5 Å². The van der Waals surface area contributed by atoms with Gasteiger partial charge in [-0.3, -0.25) is 9.69 Å². The third-order valence-corrected chi connectivity index (χ3v) is 6.94. The number of hydrogen-bond acceptors (Lipinski definition) is 5. The highest BCUT2D eigenvalue weighted by molar-refractivity contribution is 7.89. The number of carbonyl (C=O) groups is 1. The summed E-state index contributed by atoms with van der Waals surface area (Å²) in [6.07, 6.45) is 2.80. The zero-order valence-corrected chi connectivity index (χ0v) is 15.9. The van der Waals surface area contributed by atoms with E-state index in [0.29, 0.717) is 19.6 Å². The lowest BCUT2D eigenvalue weighted by atomic mass is 10.2. The standard InChI is InChI=1S/C18H28N4O3S/c23-18(20-10-15-21-13-8-19-9-14-21)16-6-2-3-7-17(16)26(24,25)22-11-4-1-5-12-22/h2-3,6-7,19H,1,4-5,8-15H2,(H,20,23). The van der Waals surface area contributed by atoms with Crippen molar-refractivity contribution in [2.45, 2.75) is 24.2 Å².